The number of aryl methyl sites for hydroxylation is 1. The smallest absolute Gasteiger partial charge is 0.226 e. The fraction of sp³-hybridized carbons (Fsp3) is 0.800. The van der Waals surface area contributed by atoms with Gasteiger partial charge in [0.2, 0.25) is 5.89 Å². The molecule has 15 heavy (non-hydrogen) atoms. The first-order valence-corrected chi connectivity index (χ1v) is 5.55. The van der Waals surface area contributed by atoms with Gasteiger partial charge in [0.05, 0.1) is 6.54 Å². The quantitative estimate of drug-likeness (QED) is 0.779. The van der Waals surface area contributed by atoms with E-state index in [2.05, 4.69) is 15.0 Å². The van der Waals surface area contributed by atoms with Gasteiger partial charge in [-0.25, -0.2) is 0 Å². The molecule has 2 rings (SSSR count). The molecule has 84 valence electrons. The molecule has 5 heteroatoms. The van der Waals surface area contributed by atoms with E-state index in [0.717, 1.165) is 44.3 Å². The van der Waals surface area contributed by atoms with Gasteiger partial charge in [0.1, 0.15) is 0 Å². The summed E-state index contributed by atoms with van der Waals surface area (Å²) in [6, 6.07) is 0. The van der Waals surface area contributed by atoms with Gasteiger partial charge >= 0.3 is 0 Å². The molecule has 5 nitrogen and oxygen atoms in total. The summed E-state index contributed by atoms with van der Waals surface area (Å²) in [7, 11) is 0. The van der Waals surface area contributed by atoms with Gasteiger partial charge in [-0.15, -0.1) is 0 Å². The number of rotatable bonds is 4. The van der Waals surface area contributed by atoms with Gasteiger partial charge in [-0.05, 0) is 25.4 Å². The first-order chi connectivity index (χ1) is 7.31. The Labute approximate surface area is 89.6 Å². The Balaban J connectivity index is 1.87. The van der Waals surface area contributed by atoms with E-state index >= 15 is 0 Å². The zero-order chi connectivity index (χ0) is 10.7. The van der Waals surface area contributed by atoms with Crippen LogP contribution < -0.4 is 5.73 Å². The standard InChI is InChI=1S/C10H18N4O/c1-2-10-12-9(13-15-10)7-14-4-3-8(5-11)6-14/h8H,2-7,11H2,1H3. The highest BCUT2D eigenvalue weighted by molar-refractivity contribution is 4.88. The topological polar surface area (TPSA) is 68.2 Å². The van der Waals surface area contributed by atoms with Crippen LogP contribution in [0, 0.1) is 5.92 Å². The van der Waals surface area contributed by atoms with Crippen LogP contribution in [0.1, 0.15) is 25.1 Å². The van der Waals surface area contributed by atoms with Crippen LogP contribution in [0.4, 0.5) is 0 Å². The average Bonchev–Trinajstić information content (AvgIpc) is 2.87. The lowest BCUT2D eigenvalue weighted by Crippen LogP contribution is -2.23. The molecular formula is C10H18N4O. The number of likely N-dealkylation sites (tertiary alicyclic amines) is 1. The van der Waals surface area contributed by atoms with Gasteiger partial charge in [0.25, 0.3) is 0 Å². The van der Waals surface area contributed by atoms with Crippen molar-refractivity contribution in [1.29, 1.82) is 0 Å². The largest absolute Gasteiger partial charge is 0.339 e. The minimum absolute atomic E-state index is 0.641. The summed E-state index contributed by atoms with van der Waals surface area (Å²) in [6.45, 7) is 5.74. The second-order valence-corrected chi connectivity index (χ2v) is 4.08. The molecule has 0 aliphatic carbocycles. The van der Waals surface area contributed by atoms with Gasteiger partial charge in [-0.1, -0.05) is 12.1 Å². The summed E-state index contributed by atoms with van der Waals surface area (Å²) in [5.41, 5.74) is 5.64. The number of hydrogen-bond acceptors (Lipinski definition) is 5. The number of nitrogens with two attached hydrogens (primary N) is 1. The van der Waals surface area contributed by atoms with Crippen LogP contribution in [0.25, 0.3) is 0 Å². The van der Waals surface area contributed by atoms with Gasteiger partial charge in [-0.2, -0.15) is 4.98 Å². The Kier molecular flexibility index (Phi) is 3.33. The third-order valence-electron chi connectivity index (χ3n) is 2.88. The minimum Gasteiger partial charge on any atom is -0.339 e. The Morgan fingerprint density at radius 2 is 2.47 bits per heavy atom. The molecule has 1 fully saturated rings. The van der Waals surface area contributed by atoms with Gasteiger partial charge in [-0.3, -0.25) is 4.90 Å². The molecule has 2 heterocycles. The molecule has 0 saturated carbocycles. The summed E-state index contributed by atoms with van der Waals surface area (Å²) in [4.78, 5) is 6.63. The van der Waals surface area contributed by atoms with Crippen LogP contribution in [0.15, 0.2) is 4.52 Å². The lowest BCUT2D eigenvalue weighted by molar-refractivity contribution is 0.299. The van der Waals surface area contributed by atoms with Crippen molar-refractivity contribution in [1.82, 2.24) is 15.0 Å². The maximum Gasteiger partial charge on any atom is 0.226 e. The Morgan fingerprint density at radius 1 is 1.60 bits per heavy atom. The molecule has 0 radical (unpaired) electrons. The van der Waals surface area contributed by atoms with Crippen LogP contribution in [0.2, 0.25) is 0 Å². The zero-order valence-electron chi connectivity index (χ0n) is 9.15. The summed E-state index contributed by atoms with van der Waals surface area (Å²) in [5.74, 6) is 2.16. The molecule has 1 aliphatic rings. The molecule has 1 saturated heterocycles. The second kappa shape index (κ2) is 4.72. The fourth-order valence-corrected chi connectivity index (χ4v) is 1.95. The Hall–Kier alpha value is -0.940. The van der Waals surface area contributed by atoms with Gasteiger partial charge < -0.3 is 10.3 Å². The van der Waals surface area contributed by atoms with Gasteiger partial charge in [0, 0.05) is 13.0 Å². The van der Waals surface area contributed by atoms with Crippen molar-refractivity contribution in [3.8, 4) is 0 Å². The molecule has 2 N–H and O–H groups in total. The van der Waals surface area contributed by atoms with Crippen molar-refractivity contribution in [2.45, 2.75) is 26.3 Å². The van der Waals surface area contributed by atoms with Crippen molar-refractivity contribution in [2.24, 2.45) is 11.7 Å². The maximum absolute atomic E-state index is 5.64. The van der Waals surface area contributed by atoms with E-state index < -0.39 is 0 Å². The highest BCUT2D eigenvalue weighted by atomic mass is 16.5. The lowest BCUT2D eigenvalue weighted by Gasteiger charge is -2.12. The van der Waals surface area contributed by atoms with Crippen molar-refractivity contribution < 1.29 is 4.52 Å². The van der Waals surface area contributed by atoms with Crippen LogP contribution in [-0.2, 0) is 13.0 Å². The minimum atomic E-state index is 0.641. The molecule has 0 bridgehead atoms. The van der Waals surface area contributed by atoms with Crippen molar-refractivity contribution in [3.05, 3.63) is 11.7 Å². The molecule has 0 amide bonds. The van der Waals surface area contributed by atoms with Crippen LogP contribution >= 0.6 is 0 Å². The second-order valence-electron chi connectivity index (χ2n) is 4.08. The van der Waals surface area contributed by atoms with E-state index in [1.165, 1.54) is 6.42 Å². The molecule has 0 aromatic carbocycles. The third-order valence-corrected chi connectivity index (χ3v) is 2.88. The predicted octanol–water partition coefficient (Wildman–Crippen LogP) is 0.413. The van der Waals surface area contributed by atoms with Gasteiger partial charge in [0.15, 0.2) is 5.82 Å². The summed E-state index contributed by atoms with van der Waals surface area (Å²) in [5, 5.41) is 3.94. The van der Waals surface area contributed by atoms with Crippen LogP contribution in [0.3, 0.4) is 0 Å². The summed E-state index contributed by atoms with van der Waals surface area (Å²) in [6.07, 6.45) is 1.99. The third kappa shape index (κ3) is 2.54. The predicted molar refractivity (Wildman–Crippen MR) is 56.1 cm³/mol. The zero-order valence-corrected chi connectivity index (χ0v) is 9.15. The molecule has 1 atom stereocenters. The van der Waals surface area contributed by atoms with Crippen molar-refractivity contribution >= 4 is 0 Å². The number of aromatic nitrogens is 2. The first-order valence-electron chi connectivity index (χ1n) is 5.55. The monoisotopic (exact) mass is 210 g/mol. The molecule has 0 spiro atoms. The van der Waals surface area contributed by atoms with Crippen molar-refractivity contribution in [3.63, 3.8) is 0 Å². The molecular weight excluding hydrogens is 192 g/mol. The van der Waals surface area contributed by atoms with E-state index in [0.29, 0.717) is 5.92 Å². The summed E-state index contributed by atoms with van der Waals surface area (Å²) < 4.78 is 5.06. The lowest BCUT2D eigenvalue weighted by atomic mass is 10.1. The average molecular weight is 210 g/mol. The van der Waals surface area contributed by atoms with E-state index in [9.17, 15) is 0 Å². The van der Waals surface area contributed by atoms with E-state index in [4.69, 9.17) is 10.3 Å². The normalized spacial score (nSPS) is 22.4. The molecule has 1 aliphatic heterocycles. The SMILES string of the molecule is CCc1nc(CN2CCC(CN)C2)no1. The van der Waals surface area contributed by atoms with Crippen molar-refractivity contribution in [2.75, 3.05) is 19.6 Å². The highest BCUT2D eigenvalue weighted by Crippen LogP contribution is 2.16. The Bertz CT molecular complexity index is 312. The van der Waals surface area contributed by atoms with E-state index in [1.807, 2.05) is 6.92 Å². The maximum atomic E-state index is 5.64. The molecule has 1 aromatic heterocycles. The first kappa shape index (κ1) is 10.6. The van der Waals surface area contributed by atoms with E-state index in [1.54, 1.807) is 0 Å². The van der Waals surface area contributed by atoms with E-state index in [-0.39, 0.29) is 0 Å². The van der Waals surface area contributed by atoms with Crippen LogP contribution in [0.5, 0.6) is 0 Å². The molecule has 1 aromatic rings. The highest BCUT2D eigenvalue weighted by Gasteiger charge is 2.22. The fourth-order valence-electron chi connectivity index (χ4n) is 1.95. The summed E-state index contributed by atoms with van der Waals surface area (Å²) >= 11 is 0. The number of hydrogen-bond donors (Lipinski definition) is 1. The number of nitrogens with zero attached hydrogens (tertiary/aromatic N) is 3. The van der Waals surface area contributed by atoms with Crippen LogP contribution in [-0.4, -0.2) is 34.7 Å². The molecule has 1 unspecified atom stereocenters. The Morgan fingerprint density at radius 3 is 3.07 bits per heavy atom.